The number of carbonyl (C=O) groups excluding carboxylic acids is 1. The van der Waals surface area contributed by atoms with Crippen molar-refractivity contribution >= 4 is 5.97 Å². The lowest BCUT2D eigenvalue weighted by molar-refractivity contribution is -0.873. The van der Waals surface area contributed by atoms with E-state index >= 15 is 0 Å². The summed E-state index contributed by atoms with van der Waals surface area (Å²) < 4.78 is 5.73. The molecule has 1 aromatic carbocycles. The van der Waals surface area contributed by atoms with Crippen molar-refractivity contribution in [1.29, 1.82) is 0 Å². The number of rotatable bonds is 6. The Balaban J connectivity index is 0.00000324. The van der Waals surface area contributed by atoms with E-state index in [1.54, 1.807) is 0 Å². The first-order chi connectivity index (χ1) is 8.37. The van der Waals surface area contributed by atoms with Crippen LogP contribution in [0.3, 0.4) is 0 Å². The summed E-state index contributed by atoms with van der Waals surface area (Å²) >= 11 is 0. The van der Waals surface area contributed by atoms with Crippen molar-refractivity contribution in [3.8, 4) is 0 Å². The van der Waals surface area contributed by atoms with Gasteiger partial charge in [-0.2, -0.15) is 0 Å². The summed E-state index contributed by atoms with van der Waals surface area (Å²) in [5.74, 6) is -0.361. The van der Waals surface area contributed by atoms with E-state index in [2.05, 4.69) is 0 Å². The normalized spacial score (nSPS) is 12.4. The molecule has 1 aromatic rings. The SMILES string of the molecule is C[N+](C)(C)C[C@@H](O)CC(=O)OCc1ccccc1.[Cl-]. The van der Waals surface area contributed by atoms with Crippen LogP contribution in [0, 0.1) is 0 Å². The molecule has 19 heavy (non-hydrogen) atoms. The number of quaternary nitrogens is 1. The van der Waals surface area contributed by atoms with Gasteiger partial charge in [-0.05, 0) is 5.56 Å². The molecule has 0 fully saturated rings. The van der Waals surface area contributed by atoms with Gasteiger partial charge in [-0.3, -0.25) is 4.79 Å². The van der Waals surface area contributed by atoms with Crippen molar-refractivity contribution in [2.24, 2.45) is 0 Å². The van der Waals surface area contributed by atoms with Crippen molar-refractivity contribution in [2.75, 3.05) is 27.7 Å². The molecule has 0 heterocycles. The van der Waals surface area contributed by atoms with Crippen LogP contribution in [-0.2, 0) is 16.1 Å². The Kier molecular flexibility index (Phi) is 7.68. The highest BCUT2D eigenvalue weighted by Crippen LogP contribution is 2.04. The van der Waals surface area contributed by atoms with Gasteiger partial charge in [-0.25, -0.2) is 0 Å². The molecule has 0 aromatic heterocycles. The quantitative estimate of drug-likeness (QED) is 0.496. The molecular formula is C14H22ClNO3. The van der Waals surface area contributed by atoms with Gasteiger partial charge in [-0.1, -0.05) is 30.3 Å². The van der Waals surface area contributed by atoms with Crippen LogP contribution in [0.2, 0.25) is 0 Å². The topological polar surface area (TPSA) is 46.5 Å². The van der Waals surface area contributed by atoms with Crippen molar-refractivity contribution in [3.63, 3.8) is 0 Å². The van der Waals surface area contributed by atoms with Gasteiger partial charge in [0.25, 0.3) is 0 Å². The molecule has 1 atom stereocenters. The zero-order chi connectivity index (χ0) is 13.6. The third kappa shape index (κ3) is 8.59. The number of halogens is 1. The van der Waals surface area contributed by atoms with E-state index in [-0.39, 0.29) is 31.4 Å². The largest absolute Gasteiger partial charge is 1.00 e. The first-order valence-electron chi connectivity index (χ1n) is 6.05. The predicted octanol–water partition coefficient (Wildman–Crippen LogP) is -1.81. The second-order valence-corrected chi connectivity index (χ2v) is 5.48. The molecule has 0 saturated carbocycles. The molecule has 0 aliphatic carbocycles. The number of aliphatic hydroxyl groups is 1. The predicted molar refractivity (Wildman–Crippen MR) is 69.8 cm³/mol. The summed E-state index contributed by atoms with van der Waals surface area (Å²) in [6, 6.07) is 9.51. The molecule has 0 unspecified atom stereocenters. The van der Waals surface area contributed by atoms with Crippen LogP contribution < -0.4 is 12.4 Å². The van der Waals surface area contributed by atoms with Gasteiger partial charge in [0.1, 0.15) is 19.3 Å². The number of nitrogens with zero attached hydrogens (tertiary/aromatic N) is 1. The average Bonchev–Trinajstić information content (AvgIpc) is 2.25. The average molecular weight is 288 g/mol. The number of hydrogen-bond donors (Lipinski definition) is 1. The Morgan fingerprint density at radius 3 is 2.37 bits per heavy atom. The number of likely N-dealkylation sites (N-methyl/N-ethyl adjacent to an activating group) is 1. The van der Waals surface area contributed by atoms with E-state index < -0.39 is 6.10 Å². The van der Waals surface area contributed by atoms with Crippen LogP contribution in [0.25, 0.3) is 0 Å². The molecule has 0 aliphatic heterocycles. The molecule has 0 bridgehead atoms. The molecule has 0 aliphatic rings. The number of esters is 1. The Bertz CT molecular complexity index is 376. The van der Waals surface area contributed by atoms with Gasteiger partial charge in [-0.15, -0.1) is 0 Å². The van der Waals surface area contributed by atoms with E-state index in [1.807, 2.05) is 51.5 Å². The van der Waals surface area contributed by atoms with Gasteiger partial charge in [0.15, 0.2) is 0 Å². The number of ether oxygens (including phenoxy) is 1. The molecule has 0 spiro atoms. The number of aliphatic hydroxyl groups excluding tert-OH is 1. The molecule has 108 valence electrons. The highest BCUT2D eigenvalue weighted by molar-refractivity contribution is 5.69. The molecule has 5 heteroatoms. The summed E-state index contributed by atoms with van der Waals surface area (Å²) in [5, 5.41) is 9.74. The fourth-order valence-corrected chi connectivity index (χ4v) is 1.69. The maximum atomic E-state index is 11.5. The summed E-state index contributed by atoms with van der Waals surface area (Å²) in [7, 11) is 5.91. The summed E-state index contributed by atoms with van der Waals surface area (Å²) in [6.45, 7) is 0.789. The highest BCUT2D eigenvalue weighted by Gasteiger charge is 2.19. The van der Waals surface area contributed by atoms with Crippen LogP contribution in [0.4, 0.5) is 0 Å². The van der Waals surface area contributed by atoms with Gasteiger partial charge >= 0.3 is 5.97 Å². The van der Waals surface area contributed by atoms with Crippen LogP contribution in [0.5, 0.6) is 0 Å². The van der Waals surface area contributed by atoms with Gasteiger partial charge < -0.3 is 26.7 Å². The molecule has 0 saturated heterocycles. The van der Waals surface area contributed by atoms with E-state index in [0.29, 0.717) is 11.0 Å². The van der Waals surface area contributed by atoms with Gasteiger partial charge in [0.2, 0.25) is 0 Å². The van der Waals surface area contributed by atoms with Crippen LogP contribution in [0.1, 0.15) is 12.0 Å². The van der Waals surface area contributed by atoms with Crippen molar-refractivity contribution in [3.05, 3.63) is 35.9 Å². The van der Waals surface area contributed by atoms with Crippen molar-refractivity contribution < 1.29 is 31.5 Å². The van der Waals surface area contributed by atoms with E-state index in [1.165, 1.54) is 0 Å². The fraction of sp³-hybridized carbons (Fsp3) is 0.500. The van der Waals surface area contributed by atoms with E-state index in [9.17, 15) is 9.90 Å². The third-order valence-electron chi connectivity index (χ3n) is 2.40. The van der Waals surface area contributed by atoms with Gasteiger partial charge in [0.05, 0.1) is 27.6 Å². The molecule has 0 radical (unpaired) electrons. The Morgan fingerprint density at radius 2 is 1.84 bits per heavy atom. The lowest BCUT2D eigenvalue weighted by atomic mass is 10.2. The molecule has 0 amide bonds. The lowest BCUT2D eigenvalue weighted by Crippen LogP contribution is -3.00. The van der Waals surface area contributed by atoms with Crippen molar-refractivity contribution in [2.45, 2.75) is 19.1 Å². The Morgan fingerprint density at radius 1 is 1.26 bits per heavy atom. The summed E-state index contributed by atoms with van der Waals surface area (Å²) in [5.41, 5.74) is 0.951. The minimum absolute atomic E-state index is 0. The minimum Gasteiger partial charge on any atom is -1.00 e. The smallest absolute Gasteiger partial charge is 0.308 e. The summed E-state index contributed by atoms with van der Waals surface area (Å²) in [6.07, 6.45) is -0.615. The maximum Gasteiger partial charge on any atom is 0.308 e. The Hall–Kier alpha value is -1.10. The molecule has 4 nitrogen and oxygen atoms in total. The zero-order valence-corrected chi connectivity index (χ0v) is 12.4. The first-order valence-corrected chi connectivity index (χ1v) is 6.05. The second kappa shape index (κ2) is 8.15. The first kappa shape index (κ1) is 17.9. The molecule has 1 rings (SSSR count). The Labute approximate surface area is 121 Å². The maximum absolute atomic E-state index is 11.5. The zero-order valence-electron chi connectivity index (χ0n) is 11.7. The standard InChI is InChI=1S/C14H22NO3.ClH/c1-15(2,3)10-13(16)9-14(17)18-11-12-7-5-4-6-8-12;/h4-8,13,16H,9-11H2,1-3H3;1H/q+1;/p-1/t13-;/m0./s1. The number of carbonyl (C=O) groups is 1. The van der Waals surface area contributed by atoms with Gasteiger partial charge in [0, 0.05) is 0 Å². The monoisotopic (exact) mass is 287 g/mol. The fourth-order valence-electron chi connectivity index (χ4n) is 1.69. The summed E-state index contributed by atoms with van der Waals surface area (Å²) in [4.78, 5) is 11.5. The lowest BCUT2D eigenvalue weighted by Gasteiger charge is -2.26. The van der Waals surface area contributed by atoms with E-state index in [4.69, 9.17) is 4.74 Å². The minimum atomic E-state index is -0.659. The number of hydrogen-bond acceptors (Lipinski definition) is 3. The molecular weight excluding hydrogens is 266 g/mol. The molecule has 1 N–H and O–H groups in total. The number of benzene rings is 1. The van der Waals surface area contributed by atoms with E-state index in [0.717, 1.165) is 5.56 Å². The van der Waals surface area contributed by atoms with Crippen LogP contribution >= 0.6 is 0 Å². The van der Waals surface area contributed by atoms with Crippen LogP contribution in [0.15, 0.2) is 30.3 Å². The highest BCUT2D eigenvalue weighted by atomic mass is 35.5. The second-order valence-electron chi connectivity index (χ2n) is 5.48. The van der Waals surface area contributed by atoms with Crippen LogP contribution in [-0.4, -0.2) is 49.4 Å². The third-order valence-corrected chi connectivity index (χ3v) is 2.40. The van der Waals surface area contributed by atoms with Crippen molar-refractivity contribution in [1.82, 2.24) is 0 Å².